The Morgan fingerprint density at radius 1 is 1.40 bits per heavy atom. The molecular formula is C16H23BrN2O. The van der Waals surface area contributed by atoms with Crippen molar-refractivity contribution >= 4 is 21.8 Å². The Morgan fingerprint density at radius 2 is 2.10 bits per heavy atom. The number of rotatable bonds is 5. The fourth-order valence-electron chi connectivity index (χ4n) is 2.67. The third-order valence-corrected chi connectivity index (χ3v) is 4.32. The van der Waals surface area contributed by atoms with Crippen LogP contribution in [0.3, 0.4) is 0 Å². The molecule has 1 heterocycles. The number of amides is 1. The summed E-state index contributed by atoms with van der Waals surface area (Å²) in [5.74, 6) is 0.515. The average Bonchev–Trinajstić information content (AvgIpc) is 2.91. The number of nitrogens with one attached hydrogen (secondary N) is 1. The van der Waals surface area contributed by atoms with E-state index in [1.54, 1.807) is 0 Å². The molecule has 1 fully saturated rings. The van der Waals surface area contributed by atoms with E-state index < -0.39 is 0 Å². The zero-order valence-corrected chi connectivity index (χ0v) is 13.9. The summed E-state index contributed by atoms with van der Waals surface area (Å²) in [6.45, 7) is 8.41. The molecule has 0 spiro atoms. The van der Waals surface area contributed by atoms with Gasteiger partial charge in [0.25, 0.3) is 5.91 Å². The molecule has 0 bridgehead atoms. The minimum Gasteiger partial charge on any atom is -0.352 e. The predicted octanol–water partition coefficient (Wildman–Crippen LogP) is 3.22. The molecule has 1 saturated heterocycles. The van der Waals surface area contributed by atoms with Crippen LogP contribution in [0.4, 0.5) is 0 Å². The SMILES string of the molecule is Cc1ccc(Br)cc1C(=O)NCC(C)CN1CCCC1. The van der Waals surface area contributed by atoms with Crippen LogP contribution in [0.1, 0.15) is 35.7 Å². The molecular weight excluding hydrogens is 316 g/mol. The Balaban J connectivity index is 1.83. The zero-order valence-electron chi connectivity index (χ0n) is 12.3. The highest BCUT2D eigenvalue weighted by Crippen LogP contribution is 2.16. The normalized spacial score (nSPS) is 17.1. The molecule has 0 radical (unpaired) electrons. The molecule has 1 unspecified atom stereocenters. The maximum Gasteiger partial charge on any atom is 0.251 e. The van der Waals surface area contributed by atoms with Gasteiger partial charge >= 0.3 is 0 Å². The fourth-order valence-corrected chi connectivity index (χ4v) is 3.03. The minimum absolute atomic E-state index is 0.0251. The van der Waals surface area contributed by atoms with Gasteiger partial charge in [-0.3, -0.25) is 4.79 Å². The summed E-state index contributed by atoms with van der Waals surface area (Å²) in [5, 5.41) is 3.05. The smallest absolute Gasteiger partial charge is 0.251 e. The topological polar surface area (TPSA) is 32.3 Å². The number of hydrogen-bond donors (Lipinski definition) is 1. The summed E-state index contributed by atoms with van der Waals surface area (Å²) in [6.07, 6.45) is 2.63. The van der Waals surface area contributed by atoms with Gasteiger partial charge < -0.3 is 10.2 Å². The molecule has 1 aliphatic heterocycles. The highest BCUT2D eigenvalue weighted by Gasteiger charge is 2.16. The molecule has 1 aromatic carbocycles. The van der Waals surface area contributed by atoms with E-state index in [-0.39, 0.29) is 5.91 Å². The van der Waals surface area contributed by atoms with Gasteiger partial charge in [-0.2, -0.15) is 0 Å². The van der Waals surface area contributed by atoms with Crippen LogP contribution in [0, 0.1) is 12.8 Å². The van der Waals surface area contributed by atoms with E-state index in [4.69, 9.17) is 0 Å². The quantitative estimate of drug-likeness (QED) is 0.893. The molecule has 110 valence electrons. The third kappa shape index (κ3) is 4.32. The van der Waals surface area contributed by atoms with Crippen molar-refractivity contribution in [1.82, 2.24) is 10.2 Å². The number of benzene rings is 1. The number of carbonyl (C=O) groups is 1. The van der Waals surface area contributed by atoms with E-state index in [0.717, 1.165) is 28.7 Å². The lowest BCUT2D eigenvalue weighted by atomic mass is 10.1. The van der Waals surface area contributed by atoms with E-state index in [1.807, 2.05) is 25.1 Å². The van der Waals surface area contributed by atoms with Gasteiger partial charge in [-0.1, -0.05) is 28.9 Å². The summed E-state index contributed by atoms with van der Waals surface area (Å²) in [7, 11) is 0. The molecule has 1 aromatic rings. The second kappa shape index (κ2) is 7.23. The van der Waals surface area contributed by atoms with Crippen LogP contribution in [0.5, 0.6) is 0 Å². The fraction of sp³-hybridized carbons (Fsp3) is 0.562. The maximum atomic E-state index is 12.2. The molecule has 1 amide bonds. The average molecular weight is 339 g/mol. The lowest BCUT2D eigenvalue weighted by Gasteiger charge is -2.20. The number of nitrogens with zero attached hydrogens (tertiary/aromatic N) is 1. The minimum atomic E-state index is 0.0251. The van der Waals surface area contributed by atoms with Crippen molar-refractivity contribution in [2.24, 2.45) is 5.92 Å². The van der Waals surface area contributed by atoms with Gasteiger partial charge in [0, 0.05) is 23.1 Å². The first-order valence-corrected chi connectivity index (χ1v) is 8.12. The Hall–Kier alpha value is -0.870. The number of likely N-dealkylation sites (tertiary alicyclic amines) is 1. The molecule has 2 rings (SSSR count). The Labute approximate surface area is 129 Å². The van der Waals surface area contributed by atoms with Crippen molar-refractivity contribution in [2.75, 3.05) is 26.2 Å². The van der Waals surface area contributed by atoms with Gasteiger partial charge in [-0.25, -0.2) is 0 Å². The van der Waals surface area contributed by atoms with Crippen molar-refractivity contribution in [2.45, 2.75) is 26.7 Å². The van der Waals surface area contributed by atoms with Gasteiger partial charge in [0.15, 0.2) is 0 Å². The van der Waals surface area contributed by atoms with Crippen LogP contribution < -0.4 is 5.32 Å². The first-order valence-electron chi connectivity index (χ1n) is 7.33. The van der Waals surface area contributed by atoms with Crippen LogP contribution in [0.25, 0.3) is 0 Å². The maximum absolute atomic E-state index is 12.2. The number of halogens is 1. The Bertz CT molecular complexity index is 470. The summed E-state index contributed by atoms with van der Waals surface area (Å²) in [5.41, 5.74) is 1.77. The first-order chi connectivity index (χ1) is 9.56. The third-order valence-electron chi connectivity index (χ3n) is 3.82. The second-order valence-corrected chi connectivity index (χ2v) is 6.70. The second-order valence-electron chi connectivity index (χ2n) is 5.78. The van der Waals surface area contributed by atoms with Crippen LogP contribution in [-0.4, -0.2) is 37.0 Å². The molecule has 1 aliphatic rings. The predicted molar refractivity (Wildman–Crippen MR) is 86.1 cm³/mol. The standard InChI is InChI=1S/C16H23BrN2O/c1-12(11-19-7-3-4-8-19)10-18-16(20)15-9-14(17)6-5-13(15)2/h5-6,9,12H,3-4,7-8,10-11H2,1-2H3,(H,18,20). The van der Waals surface area contributed by atoms with Crippen molar-refractivity contribution in [3.05, 3.63) is 33.8 Å². The number of carbonyl (C=O) groups excluding carboxylic acids is 1. The van der Waals surface area contributed by atoms with Crippen LogP contribution >= 0.6 is 15.9 Å². The van der Waals surface area contributed by atoms with Gasteiger partial charge in [-0.15, -0.1) is 0 Å². The van der Waals surface area contributed by atoms with Gasteiger partial charge in [0.2, 0.25) is 0 Å². The van der Waals surface area contributed by atoms with E-state index >= 15 is 0 Å². The van der Waals surface area contributed by atoms with E-state index in [0.29, 0.717) is 5.92 Å². The summed E-state index contributed by atoms with van der Waals surface area (Å²) >= 11 is 3.42. The van der Waals surface area contributed by atoms with Crippen molar-refractivity contribution in [3.63, 3.8) is 0 Å². The van der Waals surface area contributed by atoms with Crippen LogP contribution in [0.2, 0.25) is 0 Å². The summed E-state index contributed by atoms with van der Waals surface area (Å²) in [6, 6.07) is 5.81. The molecule has 20 heavy (non-hydrogen) atoms. The van der Waals surface area contributed by atoms with E-state index in [2.05, 4.69) is 33.1 Å². The molecule has 0 saturated carbocycles. The van der Waals surface area contributed by atoms with E-state index in [9.17, 15) is 4.79 Å². The Kier molecular flexibility index (Phi) is 5.61. The zero-order chi connectivity index (χ0) is 14.5. The van der Waals surface area contributed by atoms with Crippen molar-refractivity contribution in [1.29, 1.82) is 0 Å². The first kappa shape index (κ1) is 15.5. The highest BCUT2D eigenvalue weighted by molar-refractivity contribution is 9.10. The van der Waals surface area contributed by atoms with Gasteiger partial charge in [-0.05, 0) is 56.5 Å². The van der Waals surface area contributed by atoms with Crippen molar-refractivity contribution in [3.8, 4) is 0 Å². The summed E-state index contributed by atoms with van der Waals surface area (Å²) in [4.78, 5) is 14.7. The lowest BCUT2D eigenvalue weighted by Crippen LogP contribution is -2.34. The van der Waals surface area contributed by atoms with Gasteiger partial charge in [0.05, 0.1) is 0 Å². The molecule has 3 nitrogen and oxygen atoms in total. The molecule has 0 aliphatic carbocycles. The lowest BCUT2D eigenvalue weighted by molar-refractivity contribution is 0.0944. The monoisotopic (exact) mass is 338 g/mol. The molecule has 0 aromatic heterocycles. The largest absolute Gasteiger partial charge is 0.352 e. The molecule has 1 N–H and O–H groups in total. The Morgan fingerprint density at radius 3 is 2.80 bits per heavy atom. The highest BCUT2D eigenvalue weighted by atomic mass is 79.9. The number of hydrogen-bond acceptors (Lipinski definition) is 2. The van der Waals surface area contributed by atoms with Crippen LogP contribution in [0.15, 0.2) is 22.7 Å². The van der Waals surface area contributed by atoms with Gasteiger partial charge in [0.1, 0.15) is 0 Å². The molecule has 1 atom stereocenters. The van der Waals surface area contributed by atoms with Crippen molar-refractivity contribution < 1.29 is 4.79 Å². The molecule has 4 heteroatoms. The number of aryl methyl sites for hydroxylation is 1. The van der Waals surface area contributed by atoms with E-state index in [1.165, 1.54) is 25.9 Å². The van der Waals surface area contributed by atoms with Crippen LogP contribution in [-0.2, 0) is 0 Å². The summed E-state index contributed by atoms with van der Waals surface area (Å²) < 4.78 is 0.943.